The first-order valence-electron chi connectivity index (χ1n) is 9.52. The molecule has 27 heavy (non-hydrogen) atoms. The third kappa shape index (κ3) is 3.40. The quantitative estimate of drug-likeness (QED) is 0.662. The van der Waals surface area contributed by atoms with Gasteiger partial charge in [0.15, 0.2) is 0 Å². The molecule has 5 heteroatoms. The molecule has 144 valence electrons. The van der Waals surface area contributed by atoms with Gasteiger partial charge in [-0.05, 0) is 61.8 Å². The predicted octanol–water partition coefficient (Wildman–Crippen LogP) is 4.09. The molecule has 0 N–H and O–H groups in total. The average molecular weight is 384 g/mol. The Morgan fingerprint density at radius 1 is 1.22 bits per heavy atom. The topological polar surface area (TPSA) is 20.6 Å². The molecule has 2 atom stereocenters. The van der Waals surface area contributed by atoms with E-state index < -0.39 is 0 Å². The summed E-state index contributed by atoms with van der Waals surface area (Å²) < 4.78 is 7.75. The van der Waals surface area contributed by atoms with Crippen molar-refractivity contribution in [1.29, 1.82) is 0 Å². The minimum atomic E-state index is 0.496. The van der Waals surface area contributed by atoms with Gasteiger partial charge in [-0.1, -0.05) is 0 Å². The molecule has 1 aliphatic rings. The molecule has 0 radical (unpaired) electrons. The summed E-state index contributed by atoms with van der Waals surface area (Å²) in [5, 5.41) is 3.53. The van der Waals surface area contributed by atoms with Crippen LogP contribution in [-0.4, -0.2) is 54.7 Å². The van der Waals surface area contributed by atoms with Crippen LogP contribution in [0.25, 0.3) is 10.9 Å². The number of rotatable bonds is 5. The van der Waals surface area contributed by atoms with Crippen LogP contribution in [-0.2, 0) is 13.6 Å². The second kappa shape index (κ2) is 7.30. The number of nitrogens with zero attached hydrogens (tertiary/aromatic N) is 3. The number of methoxy groups -OCH3 is 1. The summed E-state index contributed by atoms with van der Waals surface area (Å²) in [6.07, 6.45) is 2.32. The molecule has 0 unspecified atom stereocenters. The molecule has 0 bridgehead atoms. The van der Waals surface area contributed by atoms with Crippen LogP contribution in [0.5, 0.6) is 5.75 Å². The fraction of sp³-hybridized carbons (Fsp3) is 0.455. The molecule has 3 aromatic rings. The van der Waals surface area contributed by atoms with E-state index in [0.717, 1.165) is 25.4 Å². The summed E-state index contributed by atoms with van der Waals surface area (Å²) in [4.78, 5) is 6.51. The van der Waals surface area contributed by atoms with Crippen LogP contribution in [0.15, 0.2) is 35.8 Å². The normalized spacial score (nSPS) is 20.8. The summed E-state index contributed by atoms with van der Waals surface area (Å²) in [5.41, 5.74) is 4.13. The van der Waals surface area contributed by atoms with Gasteiger partial charge in [0.05, 0.1) is 7.11 Å². The standard InChI is InChI=1S/C22H29N3OS/c1-15-8-9-27-22(15)14-25-12-19(21(13-25)23(2)3)18-11-24(4)20-7-6-16(26-5)10-17(18)20/h6-11,19,21H,12-14H2,1-5H3/t19-,21+/m0/s1. The molecule has 1 aliphatic heterocycles. The van der Waals surface area contributed by atoms with Gasteiger partial charge in [-0.2, -0.15) is 0 Å². The van der Waals surface area contributed by atoms with Crippen molar-refractivity contribution in [3.05, 3.63) is 51.8 Å². The van der Waals surface area contributed by atoms with Crippen molar-refractivity contribution in [1.82, 2.24) is 14.4 Å². The average Bonchev–Trinajstić information content (AvgIpc) is 3.33. The molecule has 4 rings (SSSR count). The number of benzene rings is 1. The third-order valence-corrected chi connectivity index (χ3v) is 7.00. The van der Waals surface area contributed by atoms with Crippen molar-refractivity contribution < 1.29 is 4.74 Å². The van der Waals surface area contributed by atoms with Crippen molar-refractivity contribution in [2.45, 2.75) is 25.4 Å². The molecule has 3 heterocycles. The van der Waals surface area contributed by atoms with Crippen molar-refractivity contribution >= 4 is 22.2 Å². The first-order chi connectivity index (χ1) is 13.0. The maximum Gasteiger partial charge on any atom is 0.119 e. The number of thiophene rings is 1. The Balaban J connectivity index is 1.69. The van der Waals surface area contributed by atoms with Gasteiger partial charge in [0, 0.05) is 60.6 Å². The lowest BCUT2D eigenvalue weighted by atomic mass is 9.93. The van der Waals surface area contributed by atoms with Gasteiger partial charge < -0.3 is 14.2 Å². The van der Waals surface area contributed by atoms with E-state index in [0.29, 0.717) is 12.0 Å². The number of hydrogen-bond acceptors (Lipinski definition) is 4. The number of likely N-dealkylation sites (tertiary alicyclic amines) is 1. The molecule has 0 saturated carbocycles. The van der Waals surface area contributed by atoms with Gasteiger partial charge in [0.25, 0.3) is 0 Å². The molecule has 0 amide bonds. The van der Waals surface area contributed by atoms with Gasteiger partial charge in [-0.3, -0.25) is 4.90 Å². The molecule has 0 spiro atoms. The van der Waals surface area contributed by atoms with Crippen LogP contribution in [0.4, 0.5) is 0 Å². The molecular weight excluding hydrogens is 354 g/mol. The van der Waals surface area contributed by atoms with Crippen LogP contribution in [0.2, 0.25) is 0 Å². The summed E-state index contributed by atoms with van der Waals surface area (Å²) >= 11 is 1.88. The minimum Gasteiger partial charge on any atom is -0.497 e. The Labute approximate surface area is 166 Å². The van der Waals surface area contributed by atoms with Gasteiger partial charge >= 0.3 is 0 Å². The number of fused-ring (bicyclic) bond motifs is 1. The third-order valence-electron chi connectivity index (χ3n) is 5.99. The Kier molecular flexibility index (Phi) is 5.01. The summed E-state index contributed by atoms with van der Waals surface area (Å²) in [5.74, 6) is 1.43. The van der Waals surface area contributed by atoms with Crippen LogP contribution in [0.3, 0.4) is 0 Å². The van der Waals surface area contributed by atoms with Crippen molar-refractivity contribution in [3.63, 3.8) is 0 Å². The molecule has 1 aromatic carbocycles. The zero-order valence-corrected chi connectivity index (χ0v) is 17.7. The highest BCUT2D eigenvalue weighted by molar-refractivity contribution is 7.10. The Bertz CT molecular complexity index is 942. The fourth-order valence-electron chi connectivity index (χ4n) is 4.42. The SMILES string of the molecule is COc1ccc2c(c1)c([C@@H]1CN(Cc3sccc3C)C[C@H]1N(C)C)cn2C. The molecule has 4 nitrogen and oxygen atoms in total. The van der Waals surface area contributed by atoms with E-state index in [-0.39, 0.29) is 0 Å². The van der Waals surface area contributed by atoms with Gasteiger partial charge in [-0.25, -0.2) is 0 Å². The maximum absolute atomic E-state index is 5.50. The summed E-state index contributed by atoms with van der Waals surface area (Å²) in [7, 11) is 8.31. The Morgan fingerprint density at radius 3 is 2.70 bits per heavy atom. The zero-order valence-electron chi connectivity index (χ0n) is 16.9. The fourth-order valence-corrected chi connectivity index (χ4v) is 5.36. The molecular formula is C22H29N3OS. The minimum absolute atomic E-state index is 0.496. The second-order valence-corrected chi connectivity index (χ2v) is 8.94. The van der Waals surface area contributed by atoms with Crippen LogP contribution in [0.1, 0.15) is 21.9 Å². The highest BCUT2D eigenvalue weighted by Gasteiger charge is 2.36. The van der Waals surface area contributed by atoms with Gasteiger partial charge in [0.2, 0.25) is 0 Å². The van der Waals surface area contributed by atoms with Crippen molar-refractivity contribution in [2.75, 3.05) is 34.3 Å². The van der Waals surface area contributed by atoms with E-state index in [1.807, 2.05) is 11.3 Å². The van der Waals surface area contributed by atoms with Crippen LogP contribution < -0.4 is 4.74 Å². The van der Waals surface area contributed by atoms with E-state index in [2.05, 4.69) is 78.3 Å². The number of hydrogen-bond donors (Lipinski definition) is 0. The Hall–Kier alpha value is -1.82. The van der Waals surface area contributed by atoms with Crippen LogP contribution in [0, 0.1) is 6.92 Å². The highest BCUT2D eigenvalue weighted by atomic mass is 32.1. The molecule has 0 aliphatic carbocycles. The lowest BCUT2D eigenvalue weighted by Gasteiger charge is -2.25. The summed E-state index contributed by atoms with van der Waals surface area (Å²) in [6.45, 7) is 5.48. The molecule has 2 aromatic heterocycles. The lowest BCUT2D eigenvalue weighted by Crippen LogP contribution is -2.34. The lowest BCUT2D eigenvalue weighted by molar-refractivity contribution is 0.260. The maximum atomic E-state index is 5.50. The predicted molar refractivity (Wildman–Crippen MR) is 114 cm³/mol. The molecule has 1 saturated heterocycles. The number of aromatic nitrogens is 1. The Morgan fingerprint density at radius 2 is 2.04 bits per heavy atom. The molecule has 1 fully saturated rings. The van der Waals surface area contributed by atoms with Gasteiger partial charge in [-0.15, -0.1) is 11.3 Å². The number of ether oxygens (including phenoxy) is 1. The van der Waals surface area contributed by atoms with Crippen molar-refractivity contribution in [3.8, 4) is 5.75 Å². The second-order valence-electron chi connectivity index (χ2n) is 7.94. The first-order valence-corrected chi connectivity index (χ1v) is 10.4. The highest BCUT2D eigenvalue weighted by Crippen LogP contribution is 2.37. The van der Waals surface area contributed by atoms with E-state index in [1.54, 1.807) is 7.11 Å². The van der Waals surface area contributed by atoms with E-state index in [9.17, 15) is 0 Å². The van der Waals surface area contributed by atoms with Crippen LogP contribution >= 0.6 is 11.3 Å². The zero-order chi connectivity index (χ0) is 19.1. The monoisotopic (exact) mass is 383 g/mol. The summed E-state index contributed by atoms with van der Waals surface area (Å²) in [6, 6.07) is 9.17. The number of aryl methyl sites for hydroxylation is 2. The first kappa shape index (κ1) is 18.5. The van der Waals surface area contributed by atoms with E-state index >= 15 is 0 Å². The van der Waals surface area contributed by atoms with E-state index in [1.165, 1.54) is 26.9 Å². The van der Waals surface area contributed by atoms with E-state index in [4.69, 9.17) is 4.74 Å². The van der Waals surface area contributed by atoms with Gasteiger partial charge in [0.1, 0.15) is 5.75 Å². The van der Waals surface area contributed by atoms with Crippen molar-refractivity contribution in [2.24, 2.45) is 7.05 Å². The number of likely N-dealkylation sites (N-methyl/N-ethyl adjacent to an activating group) is 1. The smallest absolute Gasteiger partial charge is 0.119 e. The largest absolute Gasteiger partial charge is 0.497 e.